The van der Waals surface area contributed by atoms with Crippen LogP contribution in [0.15, 0.2) is 90.0 Å². The van der Waals surface area contributed by atoms with Crippen molar-refractivity contribution in [1.29, 1.82) is 0 Å². The Morgan fingerprint density at radius 2 is 1.41 bits per heavy atom. The van der Waals surface area contributed by atoms with Gasteiger partial charge in [0.2, 0.25) is 0 Å². The second kappa shape index (κ2) is 13.5. The highest BCUT2D eigenvalue weighted by atomic mass is 16.7. The summed E-state index contributed by atoms with van der Waals surface area (Å²) < 4.78 is 19.7. The summed E-state index contributed by atoms with van der Waals surface area (Å²) in [5.41, 5.74) is 4.08. The van der Waals surface area contributed by atoms with E-state index in [-0.39, 0.29) is 24.6 Å². The molecular weight excluding hydrogens is 518 g/mol. The van der Waals surface area contributed by atoms with E-state index >= 15 is 0 Å². The molecule has 216 valence electrons. The second-order valence-electron chi connectivity index (χ2n) is 10.2. The zero-order valence-electron chi connectivity index (χ0n) is 24.1. The van der Waals surface area contributed by atoms with Crippen molar-refractivity contribution in [3.8, 4) is 11.4 Å². The van der Waals surface area contributed by atoms with Crippen LogP contribution in [0.3, 0.4) is 0 Å². The first-order chi connectivity index (χ1) is 20.1. The molecule has 0 unspecified atom stereocenters. The summed E-state index contributed by atoms with van der Waals surface area (Å²) in [4.78, 5) is 18.1. The fourth-order valence-corrected chi connectivity index (χ4v) is 5.26. The summed E-state index contributed by atoms with van der Waals surface area (Å²) in [6.07, 6.45) is 2.18. The van der Waals surface area contributed by atoms with Gasteiger partial charge in [0.25, 0.3) is 0 Å². The predicted octanol–water partition coefficient (Wildman–Crippen LogP) is 4.90. The fraction of sp³-hybridized carbons (Fsp3) is 0.375. The van der Waals surface area contributed by atoms with E-state index in [1.165, 1.54) is 5.69 Å². The van der Waals surface area contributed by atoms with Crippen LogP contribution in [-0.2, 0) is 16.1 Å². The monoisotopic (exact) mass is 557 g/mol. The standard InChI is InChI=1S/C32H39N5O4/c1-4-31(25(2)40-22-26-8-6-5-7-9-26)37-32(38)36(23-33-37)29-12-10-27(11-13-29)34-18-20-35(21-19-34)28-14-16-30(17-15-28)41-24-39-3/h5-17,23,25,31H,4,18-22,24H2,1-3H3/t25-,31-/m1/s1. The highest BCUT2D eigenvalue weighted by Crippen LogP contribution is 2.24. The van der Waals surface area contributed by atoms with Crippen LogP contribution in [0.2, 0.25) is 0 Å². The molecule has 0 radical (unpaired) electrons. The summed E-state index contributed by atoms with van der Waals surface area (Å²) in [7, 11) is 1.61. The number of ether oxygens (including phenoxy) is 3. The molecule has 9 heteroatoms. The summed E-state index contributed by atoms with van der Waals surface area (Å²) in [5, 5.41) is 4.47. The quantitative estimate of drug-likeness (QED) is 0.230. The van der Waals surface area contributed by atoms with Crippen molar-refractivity contribution in [3.05, 3.63) is 101 Å². The first-order valence-corrected chi connectivity index (χ1v) is 14.2. The molecule has 3 aromatic carbocycles. The first kappa shape index (κ1) is 28.4. The van der Waals surface area contributed by atoms with Crippen LogP contribution < -0.4 is 20.2 Å². The van der Waals surface area contributed by atoms with Gasteiger partial charge in [-0.15, -0.1) is 0 Å². The minimum atomic E-state index is -0.163. The van der Waals surface area contributed by atoms with Crippen LogP contribution in [0.25, 0.3) is 5.69 Å². The van der Waals surface area contributed by atoms with Crippen molar-refractivity contribution in [3.63, 3.8) is 0 Å². The summed E-state index contributed by atoms with van der Waals surface area (Å²) in [5.74, 6) is 0.801. The average Bonchev–Trinajstić information content (AvgIpc) is 3.41. The lowest BCUT2D eigenvalue weighted by molar-refractivity contribution is 0.0117. The molecule has 9 nitrogen and oxygen atoms in total. The topological polar surface area (TPSA) is 74.0 Å². The molecule has 0 saturated carbocycles. The Morgan fingerprint density at radius 3 is 2.00 bits per heavy atom. The number of methoxy groups -OCH3 is 1. The maximum Gasteiger partial charge on any atom is 0.350 e. The molecule has 1 aliphatic rings. The Balaban J connectivity index is 1.19. The number of nitrogens with zero attached hydrogens (tertiary/aromatic N) is 5. The number of anilines is 2. The summed E-state index contributed by atoms with van der Waals surface area (Å²) in [6, 6.07) is 26.2. The number of rotatable bonds is 12. The molecule has 0 aliphatic carbocycles. The maximum absolute atomic E-state index is 13.4. The van der Waals surface area contributed by atoms with E-state index in [0.29, 0.717) is 6.61 Å². The van der Waals surface area contributed by atoms with Gasteiger partial charge in [-0.2, -0.15) is 5.10 Å². The first-order valence-electron chi connectivity index (χ1n) is 14.2. The number of hydrogen-bond acceptors (Lipinski definition) is 7. The molecule has 0 spiro atoms. The maximum atomic E-state index is 13.4. The fourth-order valence-electron chi connectivity index (χ4n) is 5.26. The molecule has 1 saturated heterocycles. The molecular formula is C32H39N5O4. The smallest absolute Gasteiger partial charge is 0.350 e. The molecule has 5 rings (SSSR count). The van der Waals surface area contributed by atoms with Gasteiger partial charge in [-0.25, -0.2) is 14.0 Å². The lowest BCUT2D eigenvalue weighted by atomic mass is 10.1. The van der Waals surface area contributed by atoms with Gasteiger partial charge in [0, 0.05) is 44.7 Å². The van der Waals surface area contributed by atoms with E-state index in [1.807, 2.05) is 61.5 Å². The van der Waals surface area contributed by atoms with Gasteiger partial charge in [-0.3, -0.25) is 0 Å². The normalized spacial score (nSPS) is 15.1. The van der Waals surface area contributed by atoms with Crippen molar-refractivity contribution in [1.82, 2.24) is 14.3 Å². The number of benzene rings is 3. The Labute approximate surface area is 241 Å². The molecule has 0 amide bonds. The van der Waals surface area contributed by atoms with E-state index in [0.717, 1.165) is 55.3 Å². The van der Waals surface area contributed by atoms with Gasteiger partial charge in [-0.1, -0.05) is 37.3 Å². The number of aromatic nitrogens is 3. The van der Waals surface area contributed by atoms with E-state index in [1.54, 1.807) is 22.7 Å². The van der Waals surface area contributed by atoms with Crippen molar-refractivity contribution >= 4 is 11.4 Å². The van der Waals surface area contributed by atoms with E-state index < -0.39 is 0 Å². The molecule has 1 fully saturated rings. The molecule has 1 aliphatic heterocycles. The van der Waals surface area contributed by atoms with Gasteiger partial charge in [0.15, 0.2) is 6.79 Å². The van der Waals surface area contributed by atoms with Crippen molar-refractivity contribution < 1.29 is 14.2 Å². The van der Waals surface area contributed by atoms with Crippen molar-refractivity contribution in [2.75, 3.05) is 49.9 Å². The Hall–Kier alpha value is -4.08. The zero-order valence-corrected chi connectivity index (χ0v) is 24.1. The third-order valence-electron chi connectivity index (χ3n) is 7.64. The second-order valence-corrected chi connectivity index (χ2v) is 10.2. The predicted molar refractivity (Wildman–Crippen MR) is 161 cm³/mol. The largest absolute Gasteiger partial charge is 0.468 e. The van der Waals surface area contributed by atoms with Crippen molar-refractivity contribution in [2.24, 2.45) is 0 Å². The highest BCUT2D eigenvalue weighted by Gasteiger charge is 2.23. The van der Waals surface area contributed by atoms with Gasteiger partial charge in [0.1, 0.15) is 12.1 Å². The van der Waals surface area contributed by atoms with Gasteiger partial charge >= 0.3 is 5.69 Å². The highest BCUT2D eigenvalue weighted by molar-refractivity contribution is 5.54. The van der Waals surface area contributed by atoms with E-state index in [2.05, 4.69) is 46.1 Å². The summed E-state index contributed by atoms with van der Waals surface area (Å²) in [6.45, 7) is 8.49. The minimum absolute atomic E-state index is 0.155. The molecule has 4 aromatic rings. The molecule has 0 bridgehead atoms. The molecule has 2 atom stereocenters. The molecule has 1 aromatic heterocycles. The third-order valence-corrected chi connectivity index (χ3v) is 7.64. The lowest BCUT2D eigenvalue weighted by Crippen LogP contribution is -2.46. The number of hydrogen-bond donors (Lipinski definition) is 0. The third kappa shape index (κ3) is 6.81. The Morgan fingerprint density at radius 1 is 0.829 bits per heavy atom. The van der Waals surface area contributed by atoms with Gasteiger partial charge in [0.05, 0.1) is 24.4 Å². The SMILES string of the molecule is CC[C@H]([C@@H](C)OCc1ccccc1)n1ncn(-c2ccc(N3CCN(c4ccc(OCOC)cc4)CC3)cc2)c1=O. The van der Waals surface area contributed by atoms with Crippen LogP contribution in [-0.4, -0.2) is 60.5 Å². The molecule has 0 N–H and O–H groups in total. The average molecular weight is 558 g/mol. The van der Waals surface area contributed by atoms with E-state index in [4.69, 9.17) is 14.2 Å². The molecule has 41 heavy (non-hydrogen) atoms. The molecule has 2 heterocycles. The summed E-state index contributed by atoms with van der Waals surface area (Å²) >= 11 is 0. The van der Waals surface area contributed by atoms with Crippen molar-refractivity contribution in [2.45, 2.75) is 39.0 Å². The van der Waals surface area contributed by atoms with E-state index in [9.17, 15) is 4.79 Å². The van der Waals surface area contributed by atoms with Crippen LogP contribution in [0, 0.1) is 0 Å². The van der Waals surface area contributed by atoms with Gasteiger partial charge in [-0.05, 0) is 67.4 Å². The van der Waals surface area contributed by atoms with Crippen LogP contribution in [0.4, 0.5) is 11.4 Å². The Bertz CT molecular complexity index is 1410. The minimum Gasteiger partial charge on any atom is -0.468 e. The van der Waals surface area contributed by atoms with Gasteiger partial charge < -0.3 is 24.0 Å². The number of piperazine rings is 1. The van der Waals surface area contributed by atoms with Crippen LogP contribution in [0.1, 0.15) is 31.9 Å². The van der Waals surface area contributed by atoms with Crippen LogP contribution in [0.5, 0.6) is 5.75 Å². The zero-order chi connectivity index (χ0) is 28.6. The lowest BCUT2D eigenvalue weighted by Gasteiger charge is -2.37. The Kier molecular flexibility index (Phi) is 9.38. The van der Waals surface area contributed by atoms with Crippen LogP contribution >= 0.6 is 0 Å².